The number of aromatic nitrogens is 1. The molecule has 0 aromatic carbocycles. The summed E-state index contributed by atoms with van der Waals surface area (Å²) in [5, 5.41) is 6.61. The number of aliphatic imine (C=N–C) groups is 1. The lowest BCUT2D eigenvalue weighted by Gasteiger charge is -2.11. The quantitative estimate of drug-likeness (QED) is 0.606. The molecule has 2 heterocycles. The lowest BCUT2D eigenvalue weighted by Crippen LogP contribution is -2.38. The van der Waals surface area contributed by atoms with Gasteiger partial charge in [0.1, 0.15) is 5.76 Å². The van der Waals surface area contributed by atoms with Crippen molar-refractivity contribution in [2.24, 2.45) is 4.99 Å². The molecule has 2 rings (SSSR count). The van der Waals surface area contributed by atoms with Crippen LogP contribution in [0.4, 0.5) is 0 Å². The average molecular weight is 286 g/mol. The van der Waals surface area contributed by atoms with Gasteiger partial charge in [-0.2, -0.15) is 0 Å². The SMILES string of the molecule is CCCNC(=NCc1ccccn1)NCCc1ccco1. The number of nitrogens with zero attached hydrogens (tertiary/aromatic N) is 2. The Balaban J connectivity index is 1.84. The molecule has 0 saturated heterocycles. The third-order valence-electron chi connectivity index (χ3n) is 2.91. The largest absolute Gasteiger partial charge is 0.469 e. The van der Waals surface area contributed by atoms with Crippen molar-refractivity contribution < 1.29 is 4.42 Å². The number of furan rings is 1. The van der Waals surface area contributed by atoms with Gasteiger partial charge < -0.3 is 15.1 Å². The van der Waals surface area contributed by atoms with Crippen LogP contribution in [-0.2, 0) is 13.0 Å². The molecule has 0 fully saturated rings. The molecule has 0 amide bonds. The van der Waals surface area contributed by atoms with Gasteiger partial charge in [-0.3, -0.25) is 4.98 Å². The summed E-state index contributed by atoms with van der Waals surface area (Å²) in [7, 11) is 0. The van der Waals surface area contributed by atoms with E-state index in [2.05, 4.69) is 27.5 Å². The van der Waals surface area contributed by atoms with Crippen molar-refractivity contribution in [3.05, 3.63) is 54.2 Å². The smallest absolute Gasteiger partial charge is 0.191 e. The first-order valence-electron chi connectivity index (χ1n) is 7.33. The highest BCUT2D eigenvalue weighted by Crippen LogP contribution is 1.99. The summed E-state index contributed by atoms with van der Waals surface area (Å²) in [5.41, 5.74) is 0.959. The van der Waals surface area contributed by atoms with E-state index in [0.29, 0.717) is 6.54 Å². The van der Waals surface area contributed by atoms with Crippen molar-refractivity contribution in [3.8, 4) is 0 Å². The van der Waals surface area contributed by atoms with Crippen LogP contribution in [0, 0.1) is 0 Å². The summed E-state index contributed by atoms with van der Waals surface area (Å²) < 4.78 is 5.32. The molecule has 0 atom stereocenters. The van der Waals surface area contributed by atoms with E-state index in [1.165, 1.54) is 0 Å². The van der Waals surface area contributed by atoms with Gasteiger partial charge >= 0.3 is 0 Å². The monoisotopic (exact) mass is 286 g/mol. The minimum absolute atomic E-state index is 0.570. The van der Waals surface area contributed by atoms with E-state index in [1.54, 1.807) is 12.5 Å². The van der Waals surface area contributed by atoms with Gasteiger partial charge in [0.15, 0.2) is 5.96 Å². The fourth-order valence-electron chi connectivity index (χ4n) is 1.83. The second-order valence-electron chi connectivity index (χ2n) is 4.67. The summed E-state index contributed by atoms with van der Waals surface area (Å²) in [6.45, 7) is 4.38. The molecule has 0 saturated carbocycles. The van der Waals surface area contributed by atoms with Gasteiger partial charge in [-0.05, 0) is 30.7 Å². The fraction of sp³-hybridized carbons (Fsp3) is 0.375. The maximum atomic E-state index is 5.32. The second-order valence-corrected chi connectivity index (χ2v) is 4.67. The van der Waals surface area contributed by atoms with Gasteiger partial charge in [-0.1, -0.05) is 13.0 Å². The fourth-order valence-corrected chi connectivity index (χ4v) is 1.83. The van der Waals surface area contributed by atoms with E-state index in [0.717, 1.165) is 43.3 Å². The second kappa shape index (κ2) is 8.79. The number of guanidine groups is 1. The molecular formula is C16H22N4O. The maximum absolute atomic E-state index is 5.32. The van der Waals surface area contributed by atoms with Gasteiger partial charge in [0, 0.05) is 25.7 Å². The highest BCUT2D eigenvalue weighted by Gasteiger charge is 2.00. The van der Waals surface area contributed by atoms with Crippen LogP contribution >= 0.6 is 0 Å². The van der Waals surface area contributed by atoms with Gasteiger partial charge in [0.2, 0.25) is 0 Å². The molecule has 0 aliphatic heterocycles. The van der Waals surface area contributed by atoms with Gasteiger partial charge in [0.05, 0.1) is 18.5 Å². The molecule has 0 aliphatic rings. The standard InChI is InChI=1S/C16H22N4O/c1-2-9-18-16(19-11-8-15-7-5-12-21-15)20-13-14-6-3-4-10-17-14/h3-7,10,12H,2,8-9,11,13H2,1H3,(H2,18,19,20). The maximum Gasteiger partial charge on any atom is 0.191 e. The Labute approximate surface area is 125 Å². The van der Waals surface area contributed by atoms with Crippen molar-refractivity contribution in [2.45, 2.75) is 26.3 Å². The van der Waals surface area contributed by atoms with Gasteiger partial charge in [-0.25, -0.2) is 4.99 Å². The van der Waals surface area contributed by atoms with Crippen molar-refractivity contribution in [1.82, 2.24) is 15.6 Å². The van der Waals surface area contributed by atoms with Gasteiger partial charge in [0.25, 0.3) is 0 Å². The van der Waals surface area contributed by atoms with E-state index in [9.17, 15) is 0 Å². The van der Waals surface area contributed by atoms with Crippen molar-refractivity contribution in [1.29, 1.82) is 0 Å². The van der Waals surface area contributed by atoms with E-state index in [4.69, 9.17) is 4.42 Å². The third-order valence-corrected chi connectivity index (χ3v) is 2.91. The summed E-state index contributed by atoms with van der Waals surface area (Å²) in [6, 6.07) is 9.74. The zero-order valence-corrected chi connectivity index (χ0v) is 12.4. The molecule has 0 unspecified atom stereocenters. The van der Waals surface area contributed by atoms with Crippen LogP contribution in [-0.4, -0.2) is 24.0 Å². The Hall–Kier alpha value is -2.30. The highest BCUT2D eigenvalue weighted by atomic mass is 16.3. The molecule has 2 aromatic heterocycles. The highest BCUT2D eigenvalue weighted by molar-refractivity contribution is 5.79. The van der Waals surface area contributed by atoms with Crippen LogP contribution in [0.2, 0.25) is 0 Å². The minimum atomic E-state index is 0.570. The van der Waals surface area contributed by atoms with Crippen LogP contribution in [0.5, 0.6) is 0 Å². The first-order valence-corrected chi connectivity index (χ1v) is 7.33. The molecule has 0 aliphatic carbocycles. The number of hydrogen-bond donors (Lipinski definition) is 2. The average Bonchev–Trinajstić information content (AvgIpc) is 3.04. The Morgan fingerprint density at radius 2 is 2.10 bits per heavy atom. The first-order chi connectivity index (χ1) is 10.4. The Morgan fingerprint density at radius 1 is 1.19 bits per heavy atom. The predicted molar refractivity (Wildman–Crippen MR) is 84.1 cm³/mol. The lowest BCUT2D eigenvalue weighted by molar-refractivity contribution is 0.506. The van der Waals surface area contributed by atoms with E-state index >= 15 is 0 Å². The Bertz CT molecular complexity index is 522. The van der Waals surface area contributed by atoms with Crippen LogP contribution in [0.25, 0.3) is 0 Å². The lowest BCUT2D eigenvalue weighted by atomic mass is 10.3. The Morgan fingerprint density at radius 3 is 2.81 bits per heavy atom. The van der Waals surface area contributed by atoms with E-state index in [1.807, 2.05) is 30.3 Å². The number of rotatable bonds is 7. The summed E-state index contributed by atoms with van der Waals surface area (Å²) in [5.74, 6) is 1.79. The molecule has 112 valence electrons. The topological polar surface area (TPSA) is 62.5 Å². The van der Waals surface area contributed by atoms with Crippen LogP contribution in [0.15, 0.2) is 52.2 Å². The molecule has 0 radical (unpaired) electrons. The minimum Gasteiger partial charge on any atom is -0.469 e. The van der Waals surface area contributed by atoms with Crippen LogP contribution < -0.4 is 10.6 Å². The molecule has 0 bridgehead atoms. The molecule has 5 heteroatoms. The van der Waals surface area contributed by atoms with E-state index < -0.39 is 0 Å². The molecular weight excluding hydrogens is 264 g/mol. The predicted octanol–water partition coefficient (Wildman–Crippen LogP) is 2.36. The van der Waals surface area contributed by atoms with Crippen molar-refractivity contribution >= 4 is 5.96 Å². The molecule has 5 nitrogen and oxygen atoms in total. The van der Waals surface area contributed by atoms with E-state index in [-0.39, 0.29) is 0 Å². The summed E-state index contributed by atoms with van der Waals surface area (Å²) >= 11 is 0. The molecule has 2 aromatic rings. The zero-order valence-electron chi connectivity index (χ0n) is 12.4. The number of nitrogens with one attached hydrogen (secondary N) is 2. The zero-order chi connectivity index (χ0) is 14.8. The van der Waals surface area contributed by atoms with Crippen molar-refractivity contribution in [3.63, 3.8) is 0 Å². The molecule has 2 N–H and O–H groups in total. The first kappa shape index (κ1) is 15.1. The summed E-state index contributed by atoms with van der Waals surface area (Å²) in [6.07, 6.45) is 5.38. The van der Waals surface area contributed by atoms with Gasteiger partial charge in [-0.15, -0.1) is 0 Å². The molecule has 0 spiro atoms. The number of pyridine rings is 1. The summed E-state index contributed by atoms with van der Waals surface area (Å²) in [4.78, 5) is 8.83. The number of hydrogen-bond acceptors (Lipinski definition) is 3. The van der Waals surface area contributed by atoms with Crippen LogP contribution in [0.3, 0.4) is 0 Å². The normalized spacial score (nSPS) is 11.4. The van der Waals surface area contributed by atoms with Crippen molar-refractivity contribution in [2.75, 3.05) is 13.1 Å². The molecule has 21 heavy (non-hydrogen) atoms. The third kappa shape index (κ3) is 5.69. The Kier molecular flexibility index (Phi) is 6.32. The van der Waals surface area contributed by atoms with Crippen LogP contribution in [0.1, 0.15) is 24.8 Å².